The van der Waals surface area contributed by atoms with Crippen LogP contribution in [-0.4, -0.2) is 21.2 Å². The molecule has 19 heavy (non-hydrogen) atoms. The first-order chi connectivity index (χ1) is 9.06. The van der Waals surface area contributed by atoms with Crippen LogP contribution in [0.4, 0.5) is 11.6 Å². The summed E-state index contributed by atoms with van der Waals surface area (Å²) in [6.07, 6.45) is 0. The van der Waals surface area contributed by atoms with Crippen LogP contribution in [0.2, 0.25) is 0 Å². The van der Waals surface area contributed by atoms with Crippen molar-refractivity contribution in [3.63, 3.8) is 0 Å². The van der Waals surface area contributed by atoms with Crippen LogP contribution in [0.3, 0.4) is 0 Å². The van der Waals surface area contributed by atoms with E-state index in [2.05, 4.69) is 26.2 Å². The first-order valence-corrected chi connectivity index (χ1v) is 7.39. The van der Waals surface area contributed by atoms with Crippen LogP contribution in [0, 0.1) is 0 Å². The van der Waals surface area contributed by atoms with E-state index in [0.29, 0.717) is 11.7 Å². The van der Waals surface area contributed by atoms with Crippen LogP contribution in [-0.2, 0) is 11.8 Å². The van der Waals surface area contributed by atoms with Gasteiger partial charge in [-0.2, -0.15) is 0 Å². The number of nitrogen functional groups attached to an aromatic ring is 1. The number of hydrogen-bond acceptors (Lipinski definition) is 4. The lowest BCUT2D eigenvalue weighted by Gasteiger charge is -2.16. The third-order valence-corrected chi connectivity index (χ3v) is 4.93. The highest BCUT2D eigenvalue weighted by Crippen LogP contribution is 2.36. The predicted molar refractivity (Wildman–Crippen MR) is 80.1 cm³/mol. The molecule has 1 aromatic heterocycles. The normalized spacial score (nSPS) is 14.1. The topological polar surface area (TPSA) is 72.9 Å². The number of nitrogens with two attached hydrogens (primary N) is 1. The Morgan fingerprint density at radius 3 is 3.00 bits per heavy atom. The highest BCUT2D eigenvalue weighted by molar-refractivity contribution is 9.10. The average Bonchev–Trinajstić information content (AvgIpc) is 2.65. The molecule has 0 bridgehead atoms. The lowest BCUT2D eigenvalue weighted by atomic mass is 10.1. The lowest BCUT2D eigenvalue weighted by molar-refractivity contribution is -0.113. The summed E-state index contributed by atoms with van der Waals surface area (Å²) in [6, 6.07) is 5.90. The molecule has 2 heterocycles. The number of carbonyl (C=O) groups is 1. The molecule has 0 atom stereocenters. The van der Waals surface area contributed by atoms with Crippen molar-refractivity contribution < 1.29 is 4.79 Å². The van der Waals surface area contributed by atoms with Crippen LogP contribution in [0.5, 0.6) is 0 Å². The van der Waals surface area contributed by atoms with Gasteiger partial charge < -0.3 is 15.6 Å². The summed E-state index contributed by atoms with van der Waals surface area (Å²) in [5.41, 5.74) is 8.30. The molecule has 0 fully saturated rings. The number of nitrogens with one attached hydrogen (secondary N) is 1. The number of benzene rings is 1. The van der Waals surface area contributed by atoms with Crippen molar-refractivity contribution in [2.24, 2.45) is 7.05 Å². The number of thioether (sulfide) groups is 1. The van der Waals surface area contributed by atoms with Crippen molar-refractivity contribution in [3.8, 4) is 11.3 Å². The van der Waals surface area contributed by atoms with Crippen LogP contribution in [0.1, 0.15) is 0 Å². The Morgan fingerprint density at radius 1 is 1.53 bits per heavy atom. The fourth-order valence-electron chi connectivity index (χ4n) is 1.91. The quantitative estimate of drug-likeness (QED) is 0.837. The molecule has 0 aliphatic carbocycles. The van der Waals surface area contributed by atoms with Crippen molar-refractivity contribution >= 4 is 45.2 Å². The average molecular weight is 339 g/mol. The number of halogens is 1. The second-order valence-corrected chi connectivity index (χ2v) is 5.98. The number of amides is 1. The second kappa shape index (κ2) is 4.57. The smallest absolute Gasteiger partial charge is 0.234 e. The summed E-state index contributed by atoms with van der Waals surface area (Å²) in [7, 11) is 1.84. The number of anilines is 2. The van der Waals surface area contributed by atoms with Gasteiger partial charge in [-0.25, -0.2) is 4.98 Å². The Hall–Kier alpha value is -1.47. The molecule has 3 N–H and O–H groups in total. The molecule has 1 aliphatic heterocycles. The highest BCUT2D eigenvalue weighted by atomic mass is 79.9. The Morgan fingerprint density at radius 2 is 2.32 bits per heavy atom. The first-order valence-electron chi connectivity index (χ1n) is 5.61. The molecule has 5 nitrogen and oxygen atoms in total. The molecule has 2 aromatic rings. The minimum absolute atomic E-state index is 0.0225. The third-order valence-electron chi connectivity index (χ3n) is 2.95. The van der Waals surface area contributed by atoms with Gasteiger partial charge in [0, 0.05) is 17.5 Å². The van der Waals surface area contributed by atoms with E-state index in [9.17, 15) is 4.79 Å². The minimum atomic E-state index is 0.0225. The van der Waals surface area contributed by atoms with Gasteiger partial charge in [0.15, 0.2) is 0 Å². The van der Waals surface area contributed by atoms with Gasteiger partial charge in [0.05, 0.1) is 11.4 Å². The molecule has 7 heteroatoms. The van der Waals surface area contributed by atoms with Crippen LogP contribution < -0.4 is 11.1 Å². The van der Waals surface area contributed by atoms with E-state index in [4.69, 9.17) is 5.73 Å². The van der Waals surface area contributed by atoms with Gasteiger partial charge in [0.25, 0.3) is 0 Å². The van der Waals surface area contributed by atoms with E-state index in [-0.39, 0.29) is 5.91 Å². The minimum Gasteiger partial charge on any atom is -0.369 e. The SMILES string of the molecule is Cn1c(N)nc(-c2ccc3c(c2)NC(=O)CS3)c1Br. The number of fused-ring (bicyclic) bond motifs is 1. The van der Waals surface area contributed by atoms with E-state index in [0.717, 1.165) is 26.4 Å². The van der Waals surface area contributed by atoms with Gasteiger partial charge in [0.2, 0.25) is 11.9 Å². The van der Waals surface area contributed by atoms with E-state index in [1.54, 1.807) is 4.57 Å². The number of hydrogen-bond donors (Lipinski definition) is 2. The van der Waals surface area contributed by atoms with E-state index in [1.807, 2.05) is 25.2 Å². The maximum Gasteiger partial charge on any atom is 0.234 e. The number of rotatable bonds is 1. The van der Waals surface area contributed by atoms with Crippen molar-refractivity contribution in [2.45, 2.75) is 4.90 Å². The van der Waals surface area contributed by atoms with E-state index < -0.39 is 0 Å². The Bertz CT molecular complexity index is 683. The summed E-state index contributed by atoms with van der Waals surface area (Å²) in [5, 5.41) is 2.87. The summed E-state index contributed by atoms with van der Waals surface area (Å²) in [6.45, 7) is 0. The van der Waals surface area contributed by atoms with Gasteiger partial charge in [-0.1, -0.05) is 6.07 Å². The Labute approximate surface area is 122 Å². The molecule has 0 radical (unpaired) electrons. The Balaban J connectivity index is 2.09. The molecular weight excluding hydrogens is 328 g/mol. The monoisotopic (exact) mass is 338 g/mol. The van der Waals surface area contributed by atoms with Crippen molar-refractivity contribution in [2.75, 3.05) is 16.8 Å². The molecule has 1 amide bonds. The number of imidazole rings is 1. The van der Waals surface area contributed by atoms with Gasteiger partial charge in [-0.3, -0.25) is 4.79 Å². The van der Waals surface area contributed by atoms with Crippen molar-refractivity contribution in [1.82, 2.24) is 9.55 Å². The molecular formula is C12H11BrN4OS. The Kier molecular flexibility index (Phi) is 3.02. The molecule has 0 spiro atoms. The zero-order valence-corrected chi connectivity index (χ0v) is 12.5. The number of aromatic nitrogens is 2. The lowest BCUT2D eigenvalue weighted by Crippen LogP contribution is -2.18. The molecule has 0 unspecified atom stereocenters. The maximum absolute atomic E-state index is 11.4. The molecule has 1 aromatic carbocycles. The van der Waals surface area contributed by atoms with E-state index >= 15 is 0 Å². The summed E-state index contributed by atoms with van der Waals surface area (Å²) < 4.78 is 2.59. The second-order valence-electron chi connectivity index (χ2n) is 4.22. The van der Waals surface area contributed by atoms with Crippen molar-refractivity contribution in [3.05, 3.63) is 22.8 Å². The number of carbonyl (C=O) groups excluding carboxylic acids is 1. The molecule has 1 aliphatic rings. The van der Waals surface area contributed by atoms with Gasteiger partial charge in [-0.15, -0.1) is 11.8 Å². The summed E-state index contributed by atoms with van der Waals surface area (Å²) >= 11 is 5.01. The van der Waals surface area contributed by atoms with Crippen LogP contribution in [0.15, 0.2) is 27.7 Å². The molecule has 3 rings (SSSR count). The fourth-order valence-corrected chi connectivity index (χ4v) is 3.20. The molecule has 0 saturated carbocycles. The maximum atomic E-state index is 11.4. The molecule has 0 saturated heterocycles. The molecule has 98 valence electrons. The zero-order valence-electron chi connectivity index (χ0n) is 10.1. The zero-order chi connectivity index (χ0) is 13.6. The van der Waals surface area contributed by atoms with Crippen molar-refractivity contribution in [1.29, 1.82) is 0 Å². The fraction of sp³-hybridized carbons (Fsp3) is 0.167. The van der Waals surface area contributed by atoms with Gasteiger partial charge in [-0.05, 0) is 28.1 Å². The third kappa shape index (κ3) is 2.12. The van der Waals surface area contributed by atoms with Gasteiger partial charge in [0.1, 0.15) is 10.3 Å². The van der Waals surface area contributed by atoms with E-state index in [1.165, 1.54) is 11.8 Å². The predicted octanol–water partition coefficient (Wildman–Crippen LogP) is 2.48. The first kappa shape index (κ1) is 12.6. The van der Waals surface area contributed by atoms with Crippen LogP contribution in [0.25, 0.3) is 11.3 Å². The summed E-state index contributed by atoms with van der Waals surface area (Å²) in [4.78, 5) is 16.8. The van der Waals surface area contributed by atoms with Crippen LogP contribution >= 0.6 is 27.7 Å². The summed E-state index contributed by atoms with van der Waals surface area (Å²) in [5.74, 6) is 0.930. The standard InChI is InChI=1S/C12H11BrN4OS/c1-17-11(13)10(16-12(17)14)6-2-3-8-7(4-6)15-9(18)5-19-8/h2-4H,5H2,1H3,(H2,14,16)(H,15,18). The number of nitrogens with zero attached hydrogens (tertiary/aromatic N) is 2. The van der Waals surface area contributed by atoms with Gasteiger partial charge >= 0.3 is 0 Å². The highest BCUT2D eigenvalue weighted by Gasteiger charge is 2.18. The largest absolute Gasteiger partial charge is 0.369 e.